The van der Waals surface area contributed by atoms with Crippen molar-refractivity contribution in [3.8, 4) is 0 Å². The van der Waals surface area contributed by atoms with Crippen LogP contribution in [0.5, 0.6) is 0 Å². The molecule has 1 saturated carbocycles. The summed E-state index contributed by atoms with van der Waals surface area (Å²) in [7, 11) is 0. The number of thiazole rings is 1. The highest BCUT2D eigenvalue weighted by Gasteiger charge is 2.33. The summed E-state index contributed by atoms with van der Waals surface area (Å²) < 4.78 is 0. The number of aromatic nitrogens is 1. The zero-order valence-electron chi connectivity index (χ0n) is 11.0. The number of rotatable bonds is 4. The van der Waals surface area contributed by atoms with Crippen LogP contribution in [0.1, 0.15) is 49.2 Å². The van der Waals surface area contributed by atoms with Crippen molar-refractivity contribution in [1.29, 1.82) is 0 Å². The molecule has 0 spiro atoms. The molecule has 3 rings (SSSR count). The van der Waals surface area contributed by atoms with E-state index in [0.717, 1.165) is 23.5 Å². The van der Waals surface area contributed by atoms with Gasteiger partial charge in [-0.3, -0.25) is 4.90 Å². The first kappa shape index (κ1) is 12.6. The summed E-state index contributed by atoms with van der Waals surface area (Å²) in [5, 5.41) is 3.26. The predicted octanol–water partition coefficient (Wildman–Crippen LogP) is 2.76. The second-order valence-corrected chi connectivity index (χ2v) is 6.60. The lowest BCUT2D eigenvalue weighted by molar-refractivity contribution is 0.181. The molecule has 2 N–H and O–H groups in total. The lowest BCUT2D eigenvalue weighted by atomic mass is 9.96. The van der Waals surface area contributed by atoms with Gasteiger partial charge in [-0.15, -0.1) is 11.3 Å². The number of hydrogen-bond acceptors (Lipinski definition) is 4. The maximum atomic E-state index is 5.63. The van der Waals surface area contributed by atoms with Gasteiger partial charge in [0.05, 0.1) is 5.69 Å². The molecule has 1 unspecified atom stereocenters. The molecule has 0 amide bonds. The highest BCUT2D eigenvalue weighted by molar-refractivity contribution is 7.09. The highest BCUT2D eigenvalue weighted by Crippen LogP contribution is 2.36. The van der Waals surface area contributed by atoms with Crippen molar-refractivity contribution in [2.45, 2.75) is 57.7 Å². The highest BCUT2D eigenvalue weighted by atomic mass is 32.1. The molecule has 1 atom stereocenters. The van der Waals surface area contributed by atoms with Crippen LogP contribution in [0.15, 0.2) is 5.38 Å². The Labute approximate surface area is 113 Å². The van der Waals surface area contributed by atoms with Crippen LogP contribution in [0.4, 0.5) is 0 Å². The Morgan fingerprint density at radius 3 is 2.83 bits per heavy atom. The molecule has 0 aromatic carbocycles. The number of likely N-dealkylation sites (tertiary alicyclic amines) is 1. The van der Waals surface area contributed by atoms with Crippen molar-refractivity contribution in [3.63, 3.8) is 0 Å². The summed E-state index contributed by atoms with van der Waals surface area (Å²) in [6.45, 7) is 2.88. The van der Waals surface area contributed by atoms with Crippen LogP contribution in [0.3, 0.4) is 0 Å². The van der Waals surface area contributed by atoms with Crippen LogP contribution in [0.25, 0.3) is 0 Å². The zero-order valence-corrected chi connectivity index (χ0v) is 11.8. The second kappa shape index (κ2) is 5.68. The van der Waals surface area contributed by atoms with E-state index in [2.05, 4.69) is 15.3 Å². The van der Waals surface area contributed by atoms with Crippen LogP contribution < -0.4 is 5.73 Å². The Hall–Kier alpha value is -0.450. The molecule has 1 saturated heterocycles. The fourth-order valence-corrected chi connectivity index (χ4v) is 4.31. The molecule has 4 heteroatoms. The molecular formula is C14H23N3S. The van der Waals surface area contributed by atoms with Gasteiger partial charge in [0.1, 0.15) is 5.01 Å². The Morgan fingerprint density at radius 2 is 2.11 bits per heavy atom. The molecule has 3 nitrogen and oxygen atoms in total. The second-order valence-electron chi connectivity index (χ2n) is 5.66. The number of nitrogens with two attached hydrogens (primary N) is 1. The first-order chi connectivity index (χ1) is 8.86. The summed E-state index contributed by atoms with van der Waals surface area (Å²) in [5.41, 5.74) is 6.86. The fraction of sp³-hybridized carbons (Fsp3) is 0.786. The molecule has 1 aliphatic heterocycles. The van der Waals surface area contributed by atoms with E-state index in [9.17, 15) is 0 Å². The van der Waals surface area contributed by atoms with Gasteiger partial charge in [0.2, 0.25) is 0 Å². The first-order valence-electron chi connectivity index (χ1n) is 7.24. The maximum Gasteiger partial charge on any atom is 0.106 e. The fourth-order valence-electron chi connectivity index (χ4n) is 3.65. The van der Waals surface area contributed by atoms with E-state index in [1.807, 2.05) is 0 Å². The van der Waals surface area contributed by atoms with Crippen LogP contribution in [-0.2, 0) is 13.1 Å². The molecule has 1 aromatic rings. The van der Waals surface area contributed by atoms with E-state index >= 15 is 0 Å². The third-order valence-electron chi connectivity index (χ3n) is 4.50. The minimum atomic E-state index is 0.580. The third kappa shape index (κ3) is 2.60. The SMILES string of the molecule is NCc1nc(CN2CCCC2C2CCCC2)cs1. The van der Waals surface area contributed by atoms with Crippen LogP contribution >= 0.6 is 11.3 Å². The zero-order chi connectivity index (χ0) is 12.4. The average Bonchev–Trinajstić information content (AvgIpc) is 3.09. The van der Waals surface area contributed by atoms with E-state index in [1.165, 1.54) is 50.8 Å². The molecule has 2 fully saturated rings. The Morgan fingerprint density at radius 1 is 1.28 bits per heavy atom. The summed E-state index contributed by atoms with van der Waals surface area (Å²) in [6, 6.07) is 0.829. The lowest BCUT2D eigenvalue weighted by Gasteiger charge is -2.28. The van der Waals surface area contributed by atoms with Crippen molar-refractivity contribution in [2.24, 2.45) is 11.7 Å². The molecular weight excluding hydrogens is 242 g/mol. The van der Waals surface area contributed by atoms with Gasteiger partial charge in [-0.1, -0.05) is 12.8 Å². The minimum absolute atomic E-state index is 0.580. The maximum absolute atomic E-state index is 5.63. The topological polar surface area (TPSA) is 42.1 Å². The molecule has 2 aliphatic rings. The standard InChI is InChI=1S/C14H23N3S/c15-8-14-16-12(10-18-14)9-17-7-3-6-13(17)11-4-1-2-5-11/h10-11,13H,1-9,15H2. The molecule has 0 radical (unpaired) electrons. The molecule has 1 aromatic heterocycles. The summed E-state index contributed by atoms with van der Waals surface area (Å²) in [4.78, 5) is 7.28. The van der Waals surface area contributed by atoms with Gasteiger partial charge in [-0.25, -0.2) is 4.98 Å². The molecule has 100 valence electrons. The molecule has 1 aliphatic carbocycles. The van der Waals surface area contributed by atoms with Crippen molar-refractivity contribution >= 4 is 11.3 Å². The van der Waals surface area contributed by atoms with Gasteiger partial charge in [0.25, 0.3) is 0 Å². The predicted molar refractivity (Wildman–Crippen MR) is 75.4 cm³/mol. The number of nitrogens with zero attached hydrogens (tertiary/aromatic N) is 2. The lowest BCUT2D eigenvalue weighted by Crippen LogP contribution is -2.34. The molecule has 18 heavy (non-hydrogen) atoms. The van der Waals surface area contributed by atoms with Crippen LogP contribution in [-0.4, -0.2) is 22.5 Å². The van der Waals surface area contributed by atoms with E-state index in [0.29, 0.717) is 6.54 Å². The number of hydrogen-bond donors (Lipinski definition) is 1. The minimum Gasteiger partial charge on any atom is -0.325 e. The van der Waals surface area contributed by atoms with E-state index in [4.69, 9.17) is 5.73 Å². The van der Waals surface area contributed by atoms with Crippen LogP contribution in [0.2, 0.25) is 0 Å². The first-order valence-corrected chi connectivity index (χ1v) is 8.12. The quantitative estimate of drug-likeness (QED) is 0.910. The summed E-state index contributed by atoms with van der Waals surface area (Å²) in [5.74, 6) is 0.958. The van der Waals surface area contributed by atoms with Crippen molar-refractivity contribution in [2.75, 3.05) is 6.54 Å². The van der Waals surface area contributed by atoms with Crippen LogP contribution in [0, 0.1) is 5.92 Å². The largest absolute Gasteiger partial charge is 0.325 e. The normalized spacial score (nSPS) is 26.2. The van der Waals surface area contributed by atoms with Gasteiger partial charge in [0.15, 0.2) is 0 Å². The van der Waals surface area contributed by atoms with Crippen molar-refractivity contribution in [1.82, 2.24) is 9.88 Å². The van der Waals surface area contributed by atoms with Gasteiger partial charge < -0.3 is 5.73 Å². The van der Waals surface area contributed by atoms with Gasteiger partial charge in [-0.05, 0) is 38.1 Å². The van der Waals surface area contributed by atoms with Gasteiger partial charge in [-0.2, -0.15) is 0 Å². The summed E-state index contributed by atoms with van der Waals surface area (Å²) >= 11 is 1.70. The Bertz CT molecular complexity index is 384. The smallest absolute Gasteiger partial charge is 0.106 e. The third-order valence-corrected chi connectivity index (χ3v) is 5.42. The van der Waals surface area contributed by atoms with Crippen molar-refractivity contribution in [3.05, 3.63) is 16.1 Å². The van der Waals surface area contributed by atoms with Crippen molar-refractivity contribution < 1.29 is 0 Å². The Kier molecular flexibility index (Phi) is 3.97. The van der Waals surface area contributed by atoms with E-state index in [-0.39, 0.29) is 0 Å². The summed E-state index contributed by atoms with van der Waals surface area (Å²) in [6.07, 6.45) is 8.57. The monoisotopic (exact) mass is 265 g/mol. The molecule has 2 heterocycles. The van der Waals surface area contributed by atoms with Gasteiger partial charge >= 0.3 is 0 Å². The van der Waals surface area contributed by atoms with E-state index in [1.54, 1.807) is 11.3 Å². The molecule has 0 bridgehead atoms. The van der Waals surface area contributed by atoms with E-state index < -0.39 is 0 Å². The Balaban J connectivity index is 1.63. The average molecular weight is 265 g/mol. The van der Waals surface area contributed by atoms with Gasteiger partial charge in [0, 0.05) is 24.5 Å².